The molecule has 0 radical (unpaired) electrons. The van der Waals surface area contributed by atoms with Gasteiger partial charge in [0.2, 0.25) is 0 Å². The normalized spacial score (nSPS) is 11.2. The molecule has 2 aliphatic heterocycles. The van der Waals surface area contributed by atoms with Gasteiger partial charge in [-0.1, -0.05) is 160 Å². The van der Waals surface area contributed by atoms with Gasteiger partial charge in [0.25, 0.3) is 0 Å². The minimum atomic E-state index is 0.167. The summed E-state index contributed by atoms with van der Waals surface area (Å²) in [5, 5.41) is 10.9. The predicted molar refractivity (Wildman–Crippen MR) is 256 cm³/mol. The first-order valence-corrected chi connectivity index (χ1v) is 21.2. The van der Waals surface area contributed by atoms with E-state index in [4.69, 9.17) is 47.8 Å². The van der Waals surface area contributed by atoms with Crippen molar-refractivity contribution >= 4 is 17.4 Å². The number of ketones is 1. The smallest absolute Gasteiger partial charge is 0.169 e. The Kier molecular flexibility index (Phi) is 43.1. The summed E-state index contributed by atoms with van der Waals surface area (Å²) in [5.74, 6) is 8.80. The number of aromatic hydroxyl groups is 1. The number of hydrogen-bond donors (Lipinski definition) is 2. The molecule has 7 rings (SSSR count). The number of rotatable bonds is 4. The minimum absolute atomic E-state index is 0.167. The summed E-state index contributed by atoms with van der Waals surface area (Å²) in [5.41, 5.74) is 7.73. The summed E-state index contributed by atoms with van der Waals surface area (Å²) in [6.07, 6.45) is 6.44. The highest BCUT2D eigenvalue weighted by Gasteiger charge is 2.17. The highest BCUT2D eigenvalue weighted by Crippen LogP contribution is 2.29. The molecular weight excluding hydrogens is 770 g/mol. The molecule has 2 aliphatic rings. The molecule has 0 saturated carbocycles. The van der Waals surface area contributed by atoms with Gasteiger partial charge in [0.05, 0.1) is 18.8 Å². The number of para-hydroxylation sites is 5. The molecule has 0 amide bonds. The number of phenolic OH excluding ortho intramolecular Hbond substituents is 1. The van der Waals surface area contributed by atoms with E-state index in [1.165, 1.54) is 0 Å². The first kappa shape index (κ1) is 58.5. The molecule has 0 aliphatic carbocycles. The van der Waals surface area contributed by atoms with Crippen LogP contribution in [0.2, 0.25) is 0 Å². The number of ether oxygens (including phenoxy) is 4. The van der Waals surface area contributed by atoms with Crippen molar-refractivity contribution in [1.82, 2.24) is 0 Å². The number of nitrogens with two attached hydrogens (primary N) is 1. The quantitative estimate of drug-likeness (QED) is 0.174. The van der Waals surface area contributed by atoms with Crippen LogP contribution in [0.5, 0.6) is 28.7 Å². The molecule has 1 unspecified atom stereocenters. The lowest BCUT2D eigenvalue weighted by molar-refractivity contribution is 0.0933. The monoisotopic (exact) mass is 839 g/mol. The van der Waals surface area contributed by atoms with Crippen molar-refractivity contribution in [2.24, 2.45) is 5.73 Å². The van der Waals surface area contributed by atoms with Crippen LogP contribution in [-0.4, -0.2) is 37.3 Å². The molecule has 0 aromatic heterocycles. The summed E-state index contributed by atoms with van der Waals surface area (Å²) in [6.45, 7) is 21.9. The maximum atomic E-state index is 11.2. The molecule has 2 heterocycles. The average molecular weight is 841 g/mol. The lowest BCUT2D eigenvalue weighted by Gasteiger charge is -2.22. The van der Waals surface area contributed by atoms with Crippen LogP contribution in [-0.2, 0) is 0 Å². The first-order chi connectivity index (χ1) is 29.5. The lowest BCUT2D eigenvalue weighted by atomic mass is 10.0. The van der Waals surface area contributed by atoms with E-state index in [0.717, 1.165) is 47.2 Å². The Labute approximate surface area is 368 Å². The molecule has 1 atom stereocenters. The largest absolute Gasteiger partial charge is 0.508 e. The summed E-state index contributed by atoms with van der Waals surface area (Å²) in [6, 6.07) is 43.2. The molecule has 5 aromatic rings. The highest BCUT2D eigenvalue weighted by atomic mass is 35.5. The van der Waals surface area contributed by atoms with Gasteiger partial charge in [-0.2, -0.15) is 0 Å². The molecule has 0 bridgehead atoms. The zero-order valence-corrected chi connectivity index (χ0v) is 38.4. The third-order valence-corrected chi connectivity index (χ3v) is 6.86. The van der Waals surface area contributed by atoms with Crippen LogP contribution in [0.15, 0.2) is 140 Å². The van der Waals surface area contributed by atoms with Gasteiger partial charge >= 0.3 is 0 Å². The van der Waals surface area contributed by atoms with Crippen LogP contribution in [0.4, 0.5) is 0 Å². The van der Waals surface area contributed by atoms with Crippen LogP contribution >= 0.6 is 11.6 Å². The SMILES string of the molecule is C#CCOc1ccccc1.CC.CC.CC.CC.CC.ClC#CCOc1ccccc1.NC1CCOc2ccccc21.O=C1CCOc2ccccc21.Oc1ccccc1. The van der Waals surface area contributed by atoms with Gasteiger partial charge in [-0.15, -0.1) is 6.42 Å². The van der Waals surface area contributed by atoms with E-state index in [0.29, 0.717) is 32.0 Å². The Hall–Kier alpha value is -5.86. The van der Waals surface area contributed by atoms with Crippen molar-refractivity contribution in [3.05, 3.63) is 151 Å². The molecule has 0 spiro atoms. The van der Waals surface area contributed by atoms with Gasteiger partial charge < -0.3 is 29.8 Å². The minimum Gasteiger partial charge on any atom is -0.508 e. The van der Waals surface area contributed by atoms with Gasteiger partial charge in [-0.3, -0.25) is 4.79 Å². The van der Waals surface area contributed by atoms with Crippen molar-refractivity contribution in [3.63, 3.8) is 0 Å². The average Bonchev–Trinajstić information content (AvgIpc) is 3.34. The van der Waals surface area contributed by atoms with E-state index >= 15 is 0 Å². The van der Waals surface area contributed by atoms with Crippen molar-refractivity contribution in [1.29, 1.82) is 0 Å². The highest BCUT2D eigenvalue weighted by molar-refractivity contribution is 6.30. The summed E-state index contributed by atoms with van der Waals surface area (Å²) in [7, 11) is 0. The Bertz CT molecular complexity index is 1790. The third-order valence-electron chi connectivity index (χ3n) is 6.72. The van der Waals surface area contributed by atoms with E-state index in [-0.39, 0.29) is 11.8 Å². The number of fused-ring (bicyclic) bond motifs is 2. The Morgan fingerprint density at radius 3 is 1.52 bits per heavy atom. The van der Waals surface area contributed by atoms with Crippen molar-refractivity contribution < 1.29 is 28.8 Å². The van der Waals surface area contributed by atoms with Gasteiger partial charge in [0.15, 0.2) is 5.78 Å². The molecule has 3 N–H and O–H groups in total. The molecule has 60 heavy (non-hydrogen) atoms. The van der Waals surface area contributed by atoms with Crippen LogP contribution in [0.1, 0.15) is 104 Å². The molecule has 0 saturated heterocycles. The number of carbonyl (C=O) groups excluding carboxylic acids is 1. The number of hydrogen-bond acceptors (Lipinski definition) is 7. The first-order valence-electron chi connectivity index (χ1n) is 20.9. The van der Waals surface area contributed by atoms with E-state index in [2.05, 4.69) is 17.2 Å². The van der Waals surface area contributed by atoms with E-state index < -0.39 is 0 Å². The molecule has 8 heteroatoms. The molecule has 326 valence electrons. The van der Waals surface area contributed by atoms with E-state index in [9.17, 15) is 4.79 Å². The third kappa shape index (κ3) is 28.5. The fourth-order valence-electron chi connectivity index (χ4n) is 4.31. The van der Waals surface area contributed by atoms with Crippen LogP contribution in [0, 0.1) is 23.6 Å². The predicted octanol–water partition coefficient (Wildman–Crippen LogP) is 13.6. The standard InChI is InChI=1S/C9H7ClO.C9H11NO.C9H8O2.C9H8O.C6H6O.5C2H6/c10-7-4-8-11-9-5-2-1-3-6-9;2*10-8-5-6-11-9-4-2-1-3-7(8)9;1-2-8-10-9-6-4-3-5-7-9;7-6-4-2-1-3-5-6;5*1-2/h1-3,5-6H,8H2;1-4,8H,5-6,10H2;1-4H,5-6H2;1,3-7H,8H2;1-5,7H;5*1-2H3. The van der Waals surface area contributed by atoms with Gasteiger partial charge in [0, 0.05) is 29.8 Å². The van der Waals surface area contributed by atoms with Crippen LogP contribution in [0.3, 0.4) is 0 Å². The fourth-order valence-corrected chi connectivity index (χ4v) is 4.37. The summed E-state index contributed by atoms with van der Waals surface area (Å²) < 4.78 is 21.0. The van der Waals surface area contributed by atoms with E-state index in [1.807, 2.05) is 178 Å². The van der Waals surface area contributed by atoms with Crippen molar-refractivity contribution in [2.75, 3.05) is 26.4 Å². The maximum absolute atomic E-state index is 11.2. The second-order valence-electron chi connectivity index (χ2n) is 10.3. The fraction of sp³-hybridized carbons (Fsp3) is 0.327. The summed E-state index contributed by atoms with van der Waals surface area (Å²) >= 11 is 5.13. The Balaban J connectivity index is -0.000000646. The van der Waals surface area contributed by atoms with Gasteiger partial charge in [-0.25, -0.2) is 0 Å². The number of halogens is 1. The zero-order valence-electron chi connectivity index (χ0n) is 37.6. The van der Waals surface area contributed by atoms with Crippen LogP contribution in [0.25, 0.3) is 0 Å². The van der Waals surface area contributed by atoms with Crippen molar-refractivity contribution in [2.45, 2.75) is 88.1 Å². The number of Topliss-reactive ketones (excluding diaryl/α,β-unsaturated/α-hetero) is 1. The zero-order chi connectivity index (χ0) is 45.7. The Morgan fingerprint density at radius 1 is 0.633 bits per heavy atom. The second kappa shape index (κ2) is 44.2. The van der Waals surface area contributed by atoms with E-state index in [1.54, 1.807) is 30.3 Å². The maximum Gasteiger partial charge on any atom is 0.169 e. The van der Waals surface area contributed by atoms with Gasteiger partial charge in [0.1, 0.15) is 42.0 Å². The van der Waals surface area contributed by atoms with Crippen LogP contribution < -0.4 is 24.7 Å². The van der Waals surface area contributed by atoms with Crippen molar-refractivity contribution in [3.8, 4) is 52.4 Å². The lowest BCUT2D eigenvalue weighted by Crippen LogP contribution is -2.20. The molecule has 0 fully saturated rings. The number of carbonyl (C=O) groups is 1. The topological polar surface area (TPSA) is 100 Å². The molecule has 7 nitrogen and oxygen atoms in total. The van der Waals surface area contributed by atoms with Gasteiger partial charge in [-0.05, 0) is 72.1 Å². The number of terminal acetylenes is 1. The summed E-state index contributed by atoms with van der Waals surface area (Å²) in [4.78, 5) is 11.2. The number of phenols is 1. The number of benzene rings is 5. The molecule has 5 aromatic carbocycles. The Morgan fingerprint density at radius 2 is 1.07 bits per heavy atom. The molecular formula is C52H70ClNO6. The second-order valence-corrected chi connectivity index (χ2v) is 10.5.